The van der Waals surface area contributed by atoms with E-state index in [4.69, 9.17) is 4.42 Å². The number of carbonyl (C=O) groups excluding carboxylic acids is 1. The van der Waals surface area contributed by atoms with E-state index in [0.29, 0.717) is 25.2 Å². The standard InChI is InChI=1S/C16H20N2O2/c1-3-18(4-2)16(19)14-9-5-6-10-15(14)17-12-13-8-7-11-20-13/h5-11,17H,3-4,12H2,1-2H3. The van der Waals surface area contributed by atoms with Gasteiger partial charge in [0, 0.05) is 18.8 Å². The number of para-hydroxylation sites is 1. The summed E-state index contributed by atoms with van der Waals surface area (Å²) in [6, 6.07) is 11.3. The van der Waals surface area contributed by atoms with Crippen molar-refractivity contribution >= 4 is 11.6 Å². The second kappa shape index (κ2) is 6.80. The number of nitrogens with one attached hydrogen (secondary N) is 1. The molecule has 2 rings (SSSR count). The highest BCUT2D eigenvalue weighted by atomic mass is 16.3. The summed E-state index contributed by atoms with van der Waals surface area (Å²) in [5.41, 5.74) is 1.53. The van der Waals surface area contributed by atoms with Crippen molar-refractivity contribution in [3.63, 3.8) is 0 Å². The van der Waals surface area contributed by atoms with Crippen LogP contribution in [0.1, 0.15) is 30.0 Å². The molecule has 20 heavy (non-hydrogen) atoms. The molecule has 1 N–H and O–H groups in total. The van der Waals surface area contributed by atoms with Crippen molar-refractivity contribution in [1.82, 2.24) is 4.90 Å². The van der Waals surface area contributed by atoms with Gasteiger partial charge in [0.15, 0.2) is 0 Å². The van der Waals surface area contributed by atoms with Gasteiger partial charge in [-0.3, -0.25) is 4.79 Å². The Bertz CT molecular complexity index is 545. The van der Waals surface area contributed by atoms with Gasteiger partial charge in [0.1, 0.15) is 5.76 Å². The number of carbonyl (C=O) groups is 1. The van der Waals surface area contributed by atoms with Crippen LogP contribution in [0.15, 0.2) is 47.1 Å². The lowest BCUT2D eigenvalue weighted by molar-refractivity contribution is 0.0774. The summed E-state index contributed by atoms with van der Waals surface area (Å²) in [7, 11) is 0. The minimum Gasteiger partial charge on any atom is -0.467 e. The molecule has 0 saturated heterocycles. The van der Waals surface area contributed by atoms with Crippen LogP contribution in [-0.2, 0) is 6.54 Å². The molecular weight excluding hydrogens is 252 g/mol. The molecule has 1 aromatic carbocycles. The molecule has 1 amide bonds. The predicted molar refractivity (Wildman–Crippen MR) is 79.7 cm³/mol. The maximum Gasteiger partial charge on any atom is 0.255 e. The Hall–Kier alpha value is -2.23. The van der Waals surface area contributed by atoms with Crippen molar-refractivity contribution in [1.29, 1.82) is 0 Å². The minimum absolute atomic E-state index is 0.0533. The number of furan rings is 1. The molecular formula is C16H20N2O2. The average molecular weight is 272 g/mol. The maximum atomic E-state index is 12.5. The number of hydrogen-bond donors (Lipinski definition) is 1. The highest BCUT2D eigenvalue weighted by Crippen LogP contribution is 2.18. The Morgan fingerprint density at radius 2 is 1.90 bits per heavy atom. The van der Waals surface area contributed by atoms with Gasteiger partial charge in [0.05, 0.1) is 18.4 Å². The Labute approximate surface area is 119 Å². The molecule has 106 valence electrons. The molecule has 0 spiro atoms. The summed E-state index contributed by atoms with van der Waals surface area (Å²) in [5, 5.41) is 3.26. The molecule has 0 bridgehead atoms. The number of nitrogens with zero attached hydrogens (tertiary/aromatic N) is 1. The van der Waals surface area contributed by atoms with E-state index in [1.165, 1.54) is 0 Å². The van der Waals surface area contributed by atoms with Crippen LogP contribution in [0.4, 0.5) is 5.69 Å². The topological polar surface area (TPSA) is 45.5 Å². The van der Waals surface area contributed by atoms with E-state index in [-0.39, 0.29) is 5.91 Å². The van der Waals surface area contributed by atoms with Crippen LogP contribution in [0.2, 0.25) is 0 Å². The Morgan fingerprint density at radius 3 is 2.55 bits per heavy atom. The van der Waals surface area contributed by atoms with Crippen LogP contribution < -0.4 is 5.32 Å². The zero-order valence-corrected chi connectivity index (χ0v) is 11.9. The van der Waals surface area contributed by atoms with Gasteiger partial charge in [-0.15, -0.1) is 0 Å². The lowest BCUT2D eigenvalue weighted by Gasteiger charge is -2.20. The van der Waals surface area contributed by atoms with Gasteiger partial charge in [-0.2, -0.15) is 0 Å². The highest BCUT2D eigenvalue weighted by molar-refractivity contribution is 5.99. The summed E-state index contributed by atoms with van der Waals surface area (Å²) in [4.78, 5) is 14.3. The second-order valence-corrected chi connectivity index (χ2v) is 4.46. The third-order valence-electron chi connectivity index (χ3n) is 3.24. The first-order valence-electron chi connectivity index (χ1n) is 6.90. The van der Waals surface area contributed by atoms with E-state index in [9.17, 15) is 4.79 Å². The molecule has 1 aromatic heterocycles. The van der Waals surface area contributed by atoms with Crippen molar-refractivity contribution in [3.05, 3.63) is 54.0 Å². The number of rotatable bonds is 6. The summed E-state index contributed by atoms with van der Waals surface area (Å²) >= 11 is 0. The Kier molecular flexibility index (Phi) is 4.82. The molecule has 0 saturated carbocycles. The van der Waals surface area contributed by atoms with E-state index >= 15 is 0 Å². The van der Waals surface area contributed by atoms with Crippen molar-refractivity contribution in [2.75, 3.05) is 18.4 Å². The first-order chi connectivity index (χ1) is 9.76. The number of amides is 1. The van der Waals surface area contributed by atoms with Gasteiger partial charge in [-0.05, 0) is 38.1 Å². The second-order valence-electron chi connectivity index (χ2n) is 4.46. The molecule has 2 aromatic rings. The normalized spacial score (nSPS) is 10.3. The maximum absolute atomic E-state index is 12.5. The van der Waals surface area contributed by atoms with Gasteiger partial charge in [-0.25, -0.2) is 0 Å². The van der Waals surface area contributed by atoms with Crippen LogP contribution in [0.5, 0.6) is 0 Å². The molecule has 0 radical (unpaired) electrons. The summed E-state index contributed by atoms with van der Waals surface area (Å²) in [6.07, 6.45) is 1.64. The van der Waals surface area contributed by atoms with E-state index in [0.717, 1.165) is 11.4 Å². The number of benzene rings is 1. The van der Waals surface area contributed by atoms with Gasteiger partial charge in [0.25, 0.3) is 5.91 Å². The van der Waals surface area contributed by atoms with Crippen LogP contribution >= 0.6 is 0 Å². The van der Waals surface area contributed by atoms with Crippen LogP contribution in [0.25, 0.3) is 0 Å². The number of hydrogen-bond acceptors (Lipinski definition) is 3. The molecule has 0 aliphatic carbocycles. The van der Waals surface area contributed by atoms with Crippen LogP contribution in [0.3, 0.4) is 0 Å². The van der Waals surface area contributed by atoms with Gasteiger partial charge in [-0.1, -0.05) is 12.1 Å². The van der Waals surface area contributed by atoms with Crippen molar-refractivity contribution in [3.8, 4) is 0 Å². The first-order valence-corrected chi connectivity index (χ1v) is 6.90. The molecule has 0 aliphatic rings. The molecule has 4 nitrogen and oxygen atoms in total. The monoisotopic (exact) mass is 272 g/mol. The molecule has 0 atom stereocenters. The SMILES string of the molecule is CCN(CC)C(=O)c1ccccc1NCc1ccco1. The summed E-state index contributed by atoms with van der Waals surface area (Å²) in [6.45, 7) is 5.96. The lowest BCUT2D eigenvalue weighted by atomic mass is 10.1. The zero-order chi connectivity index (χ0) is 14.4. The van der Waals surface area contributed by atoms with Gasteiger partial charge >= 0.3 is 0 Å². The first kappa shape index (κ1) is 14.2. The highest BCUT2D eigenvalue weighted by Gasteiger charge is 2.15. The van der Waals surface area contributed by atoms with E-state index in [1.807, 2.05) is 55.1 Å². The summed E-state index contributed by atoms with van der Waals surface area (Å²) < 4.78 is 5.29. The minimum atomic E-state index is 0.0533. The van der Waals surface area contributed by atoms with E-state index in [2.05, 4.69) is 5.32 Å². The van der Waals surface area contributed by atoms with Crippen molar-refractivity contribution in [2.24, 2.45) is 0 Å². The van der Waals surface area contributed by atoms with E-state index in [1.54, 1.807) is 6.26 Å². The zero-order valence-electron chi connectivity index (χ0n) is 11.9. The van der Waals surface area contributed by atoms with Crippen LogP contribution in [0, 0.1) is 0 Å². The molecule has 0 unspecified atom stereocenters. The fraction of sp³-hybridized carbons (Fsp3) is 0.312. The smallest absolute Gasteiger partial charge is 0.255 e. The fourth-order valence-electron chi connectivity index (χ4n) is 2.10. The average Bonchev–Trinajstić information content (AvgIpc) is 3.00. The molecule has 4 heteroatoms. The van der Waals surface area contributed by atoms with E-state index < -0.39 is 0 Å². The van der Waals surface area contributed by atoms with Gasteiger partial charge in [0.2, 0.25) is 0 Å². The third-order valence-corrected chi connectivity index (χ3v) is 3.24. The molecule has 0 fully saturated rings. The van der Waals surface area contributed by atoms with Gasteiger partial charge < -0.3 is 14.6 Å². The molecule has 1 heterocycles. The summed E-state index contributed by atoms with van der Waals surface area (Å²) in [5.74, 6) is 0.896. The third kappa shape index (κ3) is 3.20. The number of anilines is 1. The Balaban J connectivity index is 2.15. The van der Waals surface area contributed by atoms with Crippen molar-refractivity contribution in [2.45, 2.75) is 20.4 Å². The lowest BCUT2D eigenvalue weighted by Crippen LogP contribution is -2.31. The fourth-order valence-corrected chi connectivity index (χ4v) is 2.10. The predicted octanol–water partition coefficient (Wildman–Crippen LogP) is 3.37. The Morgan fingerprint density at radius 1 is 1.15 bits per heavy atom. The van der Waals surface area contributed by atoms with Crippen molar-refractivity contribution < 1.29 is 9.21 Å². The molecule has 0 aliphatic heterocycles. The quantitative estimate of drug-likeness (QED) is 0.877. The largest absolute Gasteiger partial charge is 0.467 e. The van der Waals surface area contributed by atoms with Crippen LogP contribution in [-0.4, -0.2) is 23.9 Å².